The van der Waals surface area contributed by atoms with Crippen LogP contribution >= 0.6 is 0 Å². The van der Waals surface area contributed by atoms with Gasteiger partial charge in [-0.05, 0) is 19.1 Å². The number of rotatable bonds is 6. The van der Waals surface area contributed by atoms with Gasteiger partial charge in [0.25, 0.3) is 0 Å². The molecule has 2 rings (SSSR count). The number of nitrogens with two attached hydrogens (primary N) is 1. The van der Waals surface area contributed by atoms with Crippen molar-refractivity contribution < 1.29 is 9.47 Å². The van der Waals surface area contributed by atoms with Crippen molar-refractivity contribution in [1.29, 1.82) is 0 Å². The van der Waals surface area contributed by atoms with E-state index in [1.165, 1.54) is 0 Å². The van der Waals surface area contributed by atoms with Gasteiger partial charge in [0.1, 0.15) is 23.1 Å². The summed E-state index contributed by atoms with van der Waals surface area (Å²) in [5, 5.41) is 6.26. The van der Waals surface area contributed by atoms with Crippen molar-refractivity contribution >= 4 is 23.3 Å². The lowest BCUT2D eigenvalue weighted by atomic mass is 10.2. The van der Waals surface area contributed by atoms with Crippen LogP contribution in [0.1, 0.15) is 6.92 Å². The van der Waals surface area contributed by atoms with Gasteiger partial charge in [0.15, 0.2) is 0 Å². The summed E-state index contributed by atoms with van der Waals surface area (Å²) in [4.78, 5) is 8.26. The van der Waals surface area contributed by atoms with Crippen molar-refractivity contribution in [2.75, 3.05) is 37.1 Å². The van der Waals surface area contributed by atoms with E-state index in [1.54, 1.807) is 26.4 Å². The van der Waals surface area contributed by atoms with Crippen LogP contribution in [0.5, 0.6) is 11.5 Å². The average Bonchev–Trinajstić information content (AvgIpc) is 2.47. The lowest BCUT2D eigenvalue weighted by molar-refractivity contribution is 0.395. The largest absolute Gasteiger partial charge is 0.497 e. The SMILES string of the molecule is CCNc1cc(Nc2ccc(OC)cc2OC)nc(N)n1. The first kappa shape index (κ1) is 14.7. The van der Waals surface area contributed by atoms with Crippen LogP contribution in [0.25, 0.3) is 0 Å². The number of nitrogens with one attached hydrogen (secondary N) is 2. The van der Waals surface area contributed by atoms with Gasteiger partial charge in [-0.15, -0.1) is 0 Å². The van der Waals surface area contributed by atoms with Crippen LogP contribution in [0.2, 0.25) is 0 Å². The van der Waals surface area contributed by atoms with Gasteiger partial charge in [-0.3, -0.25) is 0 Å². The molecule has 21 heavy (non-hydrogen) atoms. The first-order valence-electron chi connectivity index (χ1n) is 6.53. The van der Waals surface area contributed by atoms with Crippen molar-refractivity contribution in [2.45, 2.75) is 6.92 Å². The number of hydrogen-bond donors (Lipinski definition) is 3. The van der Waals surface area contributed by atoms with Crippen LogP contribution in [-0.2, 0) is 0 Å². The molecule has 2 aromatic rings. The third kappa shape index (κ3) is 3.65. The van der Waals surface area contributed by atoms with E-state index in [9.17, 15) is 0 Å². The Balaban J connectivity index is 2.29. The van der Waals surface area contributed by atoms with E-state index < -0.39 is 0 Å². The predicted molar refractivity (Wildman–Crippen MR) is 83.4 cm³/mol. The van der Waals surface area contributed by atoms with Crippen LogP contribution < -0.4 is 25.8 Å². The Hall–Kier alpha value is -2.70. The summed E-state index contributed by atoms with van der Waals surface area (Å²) in [6, 6.07) is 7.26. The van der Waals surface area contributed by atoms with Crippen molar-refractivity contribution in [2.24, 2.45) is 0 Å². The maximum atomic E-state index is 5.71. The molecule has 0 aliphatic carbocycles. The zero-order chi connectivity index (χ0) is 15.2. The molecule has 7 heteroatoms. The van der Waals surface area contributed by atoms with Gasteiger partial charge in [-0.25, -0.2) is 0 Å². The summed E-state index contributed by atoms with van der Waals surface area (Å²) in [6.45, 7) is 2.74. The second-order valence-electron chi connectivity index (χ2n) is 4.22. The Bertz CT molecular complexity index is 618. The minimum Gasteiger partial charge on any atom is -0.497 e. The van der Waals surface area contributed by atoms with Gasteiger partial charge in [0.2, 0.25) is 5.95 Å². The molecular formula is C14H19N5O2. The van der Waals surface area contributed by atoms with Crippen molar-refractivity contribution in [3.8, 4) is 11.5 Å². The molecule has 0 saturated heterocycles. The maximum absolute atomic E-state index is 5.71. The van der Waals surface area contributed by atoms with Crippen LogP contribution in [-0.4, -0.2) is 30.7 Å². The molecule has 112 valence electrons. The van der Waals surface area contributed by atoms with Crippen LogP contribution in [0.3, 0.4) is 0 Å². The van der Waals surface area contributed by atoms with Crippen LogP contribution in [0.4, 0.5) is 23.3 Å². The van der Waals surface area contributed by atoms with Crippen LogP contribution in [0, 0.1) is 0 Å². The number of benzene rings is 1. The monoisotopic (exact) mass is 289 g/mol. The smallest absolute Gasteiger partial charge is 0.223 e. The lowest BCUT2D eigenvalue weighted by Crippen LogP contribution is -2.06. The number of hydrogen-bond acceptors (Lipinski definition) is 7. The summed E-state index contributed by atoms with van der Waals surface area (Å²) in [7, 11) is 3.20. The Labute approximate surface area is 123 Å². The molecule has 0 aliphatic rings. The van der Waals surface area contributed by atoms with Gasteiger partial charge in [0, 0.05) is 18.7 Å². The minimum atomic E-state index is 0.198. The number of nitrogens with zero attached hydrogens (tertiary/aromatic N) is 2. The number of anilines is 4. The highest BCUT2D eigenvalue weighted by molar-refractivity contribution is 5.67. The van der Waals surface area contributed by atoms with E-state index in [4.69, 9.17) is 15.2 Å². The Morgan fingerprint density at radius 1 is 1.10 bits per heavy atom. The standard InChI is InChI=1S/C14H19N5O2/c1-4-16-12-8-13(19-14(15)18-12)17-10-6-5-9(20-2)7-11(10)21-3/h5-8H,4H2,1-3H3,(H4,15,16,17,18,19). The topological polar surface area (TPSA) is 94.3 Å². The highest BCUT2D eigenvalue weighted by atomic mass is 16.5. The van der Waals surface area contributed by atoms with E-state index in [0.717, 1.165) is 12.2 Å². The lowest BCUT2D eigenvalue weighted by Gasteiger charge is -2.13. The fourth-order valence-electron chi connectivity index (χ4n) is 1.84. The van der Waals surface area contributed by atoms with E-state index in [0.29, 0.717) is 23.1 Å². The summed E-state index contributed by atoms with van der Waals surface area (Å²) < 4.78 is 10.5. The Kier molecular flexibility index (Phi) is 4.65. The molecule has 0 radical (unpaired) electrons. The third-order valence-corrected chi connectivity index (χ3v) is 2.77. The fraction of sp³-hybridized carbons (Fsp3) is 0.286. The van der Waals surface area contributed by atoms with Gasteiger partial charge in [0.05, 0.1) is 19.9 Å². The summed E-state index contributed by atoms with van der Waals surface area (Å²) in [5.41, 5.74) is 6.47. The van der Waals surface area contributed by atoms with E-state index in [-0.39, 0.29) is 5.95 Å². The number of nitrogen functional groups attached to an aromatic ring is 1. The van der Waals surface area contributed by atoms with Gasteiger partial charge in [-0.2, -0.15) is 9.97 Å². The van der Waals surface area contributed by atoms with E-state index >= 15 is 0 Å². The quantitative estimate of drug-likeness (QED) is 0.750. The highest BCUT2D eigenvalue weighted by Gasteiger charge is 2.08. The fourth-order valence-corrected chi connectivity index (χ4v) is 1.84. The van der Waals surface area contributed by atoms with E-state index in [2.05, 4.69) is 20.6 Å². The van der Waals surface area contributed by atoms with Gasteiger partial charge in [-0.1, -0.05) is 0 Å². The molecule has 7 nitrogen and oxygen atoms in total. The third-order valence-electron chi connectivity index (χ3n) is 2.77. The molecular weight excluding hydrogens is 270 g/mol. The molecule has 4 N–H and O–H groups in total. The summed E-state index contributed by atoms with van der Waals surface area (Å²) in [5.74, 6) is 2.81. The molecule has 0 unspecified atom stereocenters. The number of ether oxygens (including phenoxy) is 2. The van der Waals surface area contributed by atoms with Gasteiger partial charge >= 0.3 is 0 Å². The molecule has 1 heterocycles. The molecule has 0 aliphatic heterocycles. The zero-order valence-corrected chi connectivity index (χ0v) is 12.3. The first-order chi connectivity index (χ1) is 10.2. The summed E-state index contributed by atoms with van der Waals surface area (Å²) in [6.07, 6.45) is 0. The van der Waals surface area contributed by atoms with Crippen molar-refractivity contribution in [3.05, 3.63) is 24.3 Å². The van der Waals surface area contributed by atoms with Crippen molar-refractivity contribution in [1.82, 2.24) is 9.97 Å². The molecule has 1 aromatic carbocycles. The molecule has 0 amide bonds. The second kappa shape index (κ2) is 6.65. The van der Waals surface area contributed by atoms with Crippen molar-refractivity contribution in [3.63, 3.8) is 0 Å². The molecule has 0 saturated carbocycles. The molecule has 0 spiro atoms. The highest BCUT2D eigenvalue weighted by Crippen LogP contribution is 2.31. The Morgan fingerprint density at radius 3 is 2.52 bits per heavy atom. The number of methoxy groups -OCH3 is 2. The zero-order valence-electron chi connectivity index (χ0n) is 12.3. The van der Waals surface area contributed by atoms with Crippen LogP contribution in [0.15, 0.2) is 24.3 Å². The molecule has 0 fully saturated rings. The summed E-state index contributed by atoms with van der Waals surface area (Å²) >= 11 is 0. The number of aromatic nitrogens is 2. The minimum absolute atomic E-state index is 0.198. The molecule has 1 aromatic heterocycles. The predicted octanol–water partition coefficient (Wildman–Crippen LogP) is 2.25. The second-order valence-corrected chi connectivity index (χ2v) is 4.22. The molecule has 0 bridgehead atoms. The Morgan fingerprint density at radius 2 is 1.86 bits per heavy atom. The molecule has 0 atom stereocenters. The normalized spacial score (nSPS) is 10.0. The first-order valence-corrected chi connectivity index (χ1v) is 6.53. The van der Waals surface area contributed by atoms with E-state index in [1.807, 2.05) is 19.1 Å². The van der Waals surface area contributed by atoms with Gasteiger partial charge < -0.3 is 25.8 Å². The maximum Gasteiger partial charge on any atom is 0.223 e. The average molecular weight is 289 g/mol.